The molecule has 88 valence electrons. The van der Waals surface area contributed by atoms with E-state index < -0.39 is 0 Å². The van der Waals surface area contributed by atoms with E-state index in [1.165, 1.54) is 5.57 Å². The highest BCUT2D eigenvalue weighted by atomic mass is 16.5. The van der Waals surface area contributed by atoms with Crippen LogP contribution in [0.5, 0.6) is 5.88 Å². The maximum Gasteiger partial charge on any atom is 0.226 e. The highest BCUT2D eigenvalue weighted by Gasteiger charge is 2.01. The Hall–Kier alpha value is -1.58. The average molecular weight is 221 g/mol. The second kappa shape index (κ2) is 6.10. The quantitative estimate of drug-likeness (QED) is 0.776. The van der Waals surface area contributed by atoms with Gasteiger partial charge in [-0.05, 0) is 27.7 Å². The molecule has 0 radical (unpaired) electrons. The molecule has 4 nitrogen and oxygen atoms in total. The normalized spacial score (nSPS) is 9.75. The first kappa shape index (κ1) is 12.5. The van der Waals surface area contributed by atoms with E-state index in [1.807, 2.05) is 19.9 Å². The zero-order chi connectivity index (χ0) is 12.0. The smallest absolute Gasteiger partial charge is 0.226 e. The average Bonchev–Trinajstić information content (AvgIpc) is 2.16. The summed E-state index contributed by atoms with van der Waals surface area (Å²) in [5.74, 6) is 1.23. The molecule has 1 aromatic heterocycles. The first-order valence-corrected chi connectivity index (χ1v) is 5.47. The standard InChI is InChI=1S/C12H19N3O/c1-5-16-11-8-10(4)14-12(15-11)13-7-6-9(2)3/h6,8H,5,7H2,1-4H3,(H,13,14,15). The maximum absolute atomic E-state index is 5.35. The van der Waals surface area contributed by atoms with Crippen molar-refractivity contribution in [3.8, 4) is 5.88 Å². The minimum Gasteiger partial charge on any atom is -0.478 e. The third-order valence-electron chi connectivity index (χ3n) is 1.89. The van der Waals surface area contributed by atoms with Crippen molar-refractivity contribution in [2.24, 2.45) is 0 Å². The summed E-state index contributed by atoms with van der Waals surface area (Å²) >= 11 is 0. The van der Waals surface area contributed by atoms with Gasteiger partial charge in [-0.1, -0.05) is 11.6 Å². The molecule has 1 rings (SSSR count). The summed E-state index contributed by atoms with van der Waals surface area (Å²) in [5.41, 5.74) is 2.17. The van der Waals surface area contributed by atoms with Crippen molar-refractivity contribution in [3.63, 3.8) is 0 Å². The molecule has 0 saturated carbocycles. The Kier molecular flexibility index (Phi) is 4.76. The number of allylic oxidation sites excluding steroid dienone is 1. The van der Waals surface area contributed by atoms with Crippen LogP contribution in [-0.4, -0.2) is 23.1 Å². The van der Waals surface area contributed by atoms with Gasteiger partial charge in [-0.25, -0.2) is 4.98 Å². The van der Waals surface area contributed by atoms with E-state index in [0.717, 1.165) is 12.2 Å². The number of nitrogens with zero attached hydrogens (tertiary/aromatic N) is 2. The summed E-state index contributed by atoms with van der Waals surface area (Å²) in [6.45, 7) is 9.33. The number of ether oxygens (including phenoxy) is 1. The molecule has 1 N–H and O–H groups in total. The summed E-state index contributed by atoms with van der Waals surface area (Å²) in [6, 6.07) is 1.83. The summed E-state index contributed by atoms with van der Waals surface area (Å²) in [4.78, 5) is 8.53. The maximum atomic E-state index is 5.35. The van der Waals surface area contributed by atoms with Gasteiger partial charge in [0, 0.05) is 18.3 Å². The lowest BCUT2D eigenvalue weighted by atomic mass is 10.3. The van der Waals surface area contributed by atoms with Crippen molar-refractivity contribution in [3.05, 3.63) is 23.4 Å². The molecule has 0 aliphatic carbocycles. The SMILES string of the molecule is CCOc1cc(C)nc(NCC=C(C)C)n1. The van der Waals surface area contributed by atoms with Gasteiger partial charge < -0.3 is 10.1 Å². The molecule has 1 aromatic rings. The number of hydrogen-bond acceptors (Lipinski definition) is 4. The monoisotopic (exact) mass is 221 g/mol. The first-order chi connectivity index (χ1) is 7.61. The molecule has 1 heterocycles. The van der Waals surface area contributed by atoms with Gasteiger partial charge in [0.15, 0.2) is 0 Å². The minimum atomic E-state index is 0.612. The van der Waals surface area contributed by atoms with E-state index in [2.05, 4.69) is 35.2 Å². The minimum absolute atomic E-state index is 0.612. The van der Waals surface area contributed by atoms with Gasteiger partial charge in [0.1, 0.15) is 0 Å². The molecule has 0 spiro atoms. The highest BCUT2D eigenvalue weighted by Crippen LogP contribution is 2.11. The summed E-state index contributed by atoms with van der Waals surface area (Å²) in [6.07, 6.45) is 2.09. The number of rotatable bonds is 5. The molecular weight excluding hydrogens is 202 g/mol. The lowest BCUT2D eigenvalue weighted by Gasteiger charge is -2.06. The van der Waals surface area contributed by atoms with Gasteiger partial charge in [-0.15, -0.1) is 0 Å². The molecule has 0 aromatic carbocycles. The van der Waals surface area contributed by atoms with Crippen LogP contribution in [0.2, 0.25) is 0 Å². The fourth-order valence-electron chi connectivity index (χ4n) is 1.19. The van der Waals surface area contributed by atoms with Crippen LogP contribution >= 0.6 is 0 Å². The van der Waals surface area contributed by atoms with Crippen molar-refractivity contribution in [2.45, 2.75) is 27.7 Å². The molecule has 0 aliphatic heterocycles. The molecule has 0 amide bonds. The second-order valence-corrected chi connectivity index (χ2v) is 3.77. The topological polar surface area (TPSA) is 47.0 Å². The Balaban J connectivity index is 2.68. The Bertz CT molecular complexity index is 371. The number of aromatic nitrogens is 2. The molecule has 0 bridgehead atoms. The van der Waals surface area contributed by atoms with Gasteiger partial charge in [-0.2, -0.15) is 4.98 Å². The Morgan fingerprint density at radius 2 is 2.19 bits per heavy atom. The highest BCUT2D eigenvalue weighted by molar-refractivity contribution is 5.31. The van der Waals surface area contributed by atoms with Crippen LogP contribution in [0.4, 0.5) is 5.95 Å². The van der Waals surface area contributed by atoms with Gasteiger partial charge in [-0.3, -0.25) is 0 Å². The lowest BCUT2D eigenvalue weighted by Crippen LogP contribution is -2.06. The van der Waals surface area contributed by atoms with Crippen LogP contribution < -0.4 is 10.1 Å². The molecule has 4 heteroatoms. The van der Waals surface area contributed by atoms with Crippen molar-refractivity contribution < 1.29 is 4.74 Å². The van der Waals surface area contributed by atoms with E-state index in [4.69, 9.17) is 4.74 Å². The number of nitrogens with one attached hydrogen (secondary N) is 1. The molecular formula is C12H19N3O. The zero-order valence-electron chi connectivity index (χ0n) is 10.4. The molecule has 0 fully saturated rings. The van der Waals surface area contributed by atoms with E-state index in [-0.39, 0.29) is 0 Å². The second-order valence-electron chi connectivity index (χ2n) is 3.77. The summed E-state index contributed by atoms with van der Waals surface area (Å²) in [7, 11) is 0. The number of anilines is 1. The van der Waals surface area contributed by atoms with Gasteiger partial charge in [0.05, 0.1) is 6.61 Å². The largest absolute Gasteiger partial charge is 0.478 e. The van der Waals surface area contributed by atoms with Crippen molar-refractivity contribution >= 4 is 5.95 Å². The van der Waals surface area contributed by atoms with Crippen LogP contribution in [0.1, 0.15) is 26.5 Å². The van der Waals surface area contributed by atoms with Gasteiger partial charge >= 0.3 is 0 Å². The van der Waals surface area contributed by atoms with Crippen LogP contribution in [0.15, 0.2) is 17.7 Å². The molecule has 16 heavy (non-hydrogen) atoms. The van der Waals surface area contributed by atoms with E-state index in [0.29, 0.717) is 18.4 Å². The lowest BCUT2D eigenvalue weighted by molar-refractivity contribution is 0.326. The van der Waals surface area contributed by atoms with Crippen molar-refractivity contribution in [1.29, 1.82) is 0 Å². The fraction of sp³-hybridized carbons (Fsp3) is 0.500. The predicted octanol–water partition coefficient (Wildman–Crippen LogP) is 2.56. The van der Waals surface area contributed by atoms with Crippen molar-refractivity contribution in [2.75, 3.05) is 18.5 Å². The van der Waals surface area contributed by atoms with Crippen LogP contribution in [0.3, 0.4) is 0 Å². The Morgan fingerprint density at radius 1 is 1.44 bits per heavy atom. The van der Waals surface area contributed by atoms with E-state index >= 15 is 0 Å². The molecule has 0 aliphatic rings. The number of hydrogen-bond donors (Lipinski definition) is 1. The van der Waals surface area contributed by atoms with Crippen molar-refractivity contribution in [1.82, 2.24) is 9.97 Å². The number of aryl methyl sites for hydroxylation is 1. The molecule has 0 atom stereocenters. The third-order valence-corrected chi connectivity index (χ3v) is 1.89. The molecule has 0 saturated heterocycles. The van der Waals surface area contributed by atoms with Gasteiger partial charge in [0.25, 0.3) is 0 Å². The Morgan fingerprint density at radius 3 is 2.81 bits per heavy atom. The summed E-state index contributed by atoms with van der Waals surface area (Å²) in [5, 5.41) is 3.14. The van der Waals surface area contributed by atoms with Crippen LogP contribution in [-0.2, 0) is 0 Å². The van der Waals surface area contributed by atoms with E-state index in [9.17, 15) is 0 Å². The first-order valence-electron chi connectivity index (χ1n) is 5.47. The van der Waals surface area contributed by atoms with Crippen LogP contribution in [0.25, 0.3) is 0 Å². The Labute approximate surface area is 96.8 Å². The predicted molar refractivity (Wildman–Crippen MR) is 65.9 cm³/mol. The summed E-state index contributed by atoms with van der Waals surface area (Å²) < 4.78 is 5.35. The molecule has 0 unspecified atom stereocenters. The fourth-order valence-corrected chi connectivity index (χ4v) is 1.19. The zero-order valence-corrected chi connectivity index (χ0v) is 10.4. The van der Waals surface area contributed by atoms with E-state index in [1.54, 1.807) is 0 Å². The van der Waals surface area contributed by atoms with Crippen LogP contribution in [0, 0.1) is 6.92 Å². The van der Waals surface area contributed by atoms with Gasteiger partial charge in [0.2, 0.25) is 11.8 Å². The third kappa shape index (κ3) is 4.29.